The van der Waals surface area contributed by atoms with Crippen LogP contribution in [0, 0.1) is 11.3 Å². The van der Waals surface area contributed by atoms with Crippen LogP contribution in [-0.2, 0) is 19.6 Å². The summed E-state index contributed by atoms with van der Waals surface area (Å²) in [5.74, 6) is -0.460. The number of nitrogens with one attached hydrogen (secondary N) is 2. The monoisotopic (exact) mass is 746 g/mol. The van der Waals surface area contributed by atoms with Gasteiger partial charge in [-0.15, -0.1) is 6.58 Å². The highest BCUT2D eigenvalue weighted by molar-refractivity contribution is 7.91. The third-order valence-electron chi connectivity index (χ3n) is 10.4. The van der Waals surface area contributed by atoms with Crippen LogP contribution >= 0.6 is 0 Å². The Bertz CT molecular complexity index is 2010. The Hall–Kier alpha value is -4.85. The number of rotatable bonds is 12. The van der Waals surface area contributed by atoms with Gasteiger partial charge >= 0.3 is 6.03 Å². The third-order valence-corrected chi connectivity index (χ3v) is 12.2. The van der Waals surface area contributed by atoms with Gasteiger partial charge in [0.2, 0.25) is 15.9 Å². The molecule has 4 amide bonds. The number of likely N-dealkylation sites (tertiary alicyclic amines) is 1. The summed E-state index contributed by atoms with van der Waals surface area (Å²) >= 11 is 0. The Morgan fingerprint density at radius 2 is 1.79 bits per heavy atom. The van der Waals surface area contributed by atoms with Crippen molar-refractivity contribution in [3.63, 3.8) is 0 Å². The second-order valence-corrected chi connectivity index (χ2v) is 17.6. The summed E-state index contributed by atoms with van der Waals surface area (Å²) in [4.78, 5) is 53.5. The van der Waals surface area contributed by atoms with Crippen molar-refractivity contribution in [3.05, 3.63) is 67.3 Å². The molecule has 0 bridgehead atoms. The van der Waals surface area contributed by atoms with E-state index in [1.807, 2.05) is 101 Å². The van der Waals surface area contributed by atoms with Crippen LogP contribution in [0.5, 0.6) is 11.6 Å². The third kappa shape index (κ3) is 7.51. The molecular formula is C39H50N6O7S. The summed E-state index contributed by atoms with van der Waals surface area (Å²) in [5.41, 5.74) is -1.88. The lowest BCUT2D eigenvalue weighted by Crippen LogP contribution is -2.64. The molecule has 2 aliphatic carbocycles. The summed E-state index contributed by atoms with van der Waals surface area (Å²) in [6.07, 6.45) is 2.35. The normalized spacial score (nSPS) is 23.2. The van der Waals surface area contributed by atoms with Gasteiger partial charge < -0.3 is 24.6 Å². The van der Waals surface area contributed by atoms with Gasteiger partial charge in [-0.25, -0.2) is 18.1 Å². The molecule has 1 unspecified atom stereocenters. The van der Waals surface area contributed by atoms with E-state index in [4.69, 9.17) is 14.5 Å². The van der Waals surface area contributed by atoms with Crippen LogP contribution in [-0.4, -0.2) is 97.8 Å². The number of hydrogen-bond acceptors (Lipinski definition) is 10. The van der Waals surface area contributed by atoms with Crippen LogP contribution in [0.1, 0.15) is 53.4 Å². The maximum atomic E-state index is 15.0. The lowest BCUT2D eigenvalue weighted by molar-refractivity contribution is -0.141. The van der Waals surface area contributed by atoms with Gasteiger partial charge in [0, 0.05) is 43.5 Å². The van der Waals surface area contributed by atoms with E-state index in [-0.39, 0.29) is 13.0 Å². The fourth-order valence-corrected chi connectivity index (χ4v) is 8.41. The molecule has 53 heavy (non-hydrogen) atoms. The lowest BCUT2D eigenvalue weighted by Gasteiger charge is -2.40. The number of amides is 4. The van der Waals surface area contributed by atoms with E-state index >= 15 is 9.59 Å². The topological polar surface area (TPSA) is 150 Å². The smallest absolute Gasteiger partial charge is 0.328 e. The zero-order valence-electron chi connectivity index (χ0n) is 31.5. The fraction of sp³-hybridized carbons (Fsp3) is 0.487. The molecule has 3 aliphatic rings. The van der Waals surface area contributed by atoms with Crippen molar-refractivity contribution in [3.8, 4) is 11.6 Å². The minimum atomic E-state index is -4.00. The van der Waals surface area contributed by atoms with E-state index in [0.717, 1.165) is 15.7 Å². The lowest BCUT2D eigenvalue weighted by atomic mass is 9.85. The molecule has 0 radical (unpaired) electrons. The molecule has 1 saturated heterocycles. The Morgan fingerprint density at radius 1 is 1.09 bits per heavy atom. The van der Waals surface area contributed by atoms with Crippen LogP contribution in [0.4, 0.5) is 16.3 Å². The number of sulfonamides is 1. The zero-order valence-corrected chi connectivity index (χ0v) is 32.3. The van der Waals surface area contributed by atoms with Gasteiger partial charge in [-0.05, 0) is 73.4 Å². The van der Waals surface area contributed by atoms with E-state index in [0.29, 0.717) is 42.4 Å². The number of carbonyl (C=O) groups is 3. The summed E-state index contributed by atoms with van der Waals surface area (Å²) in [6, 6.07) is 14.6. The molecule has 1 aliphatic heterocycles. The number of pyridine rings is 1. The van der Waals surface area contributed by atoms with E-state index in [1.165, 1.54) is 11.0 Å². The van der Waals surface area contributed by atoms with Gasteiger partial charge in [0.25, 0.3) is 11.8 Å². The molecular weight excluding hydrogens is 697 g/mol. The first-order valence-corrected chi connectivity index (χ1v) is 19.5. The quantitative estimate of drug-likeness (QED) is 0.238. The first-order valence-electron chi connectivity index (χ1n) is 18.0. The molecule has 284 valence electrons. The molecule has 1 aromatic heterocycles. The molecule has 14 heteroatoms. The standard InChI is InChI=1S/C39H50N6O7S/c1-9-26-22-39(26,36(47)42-53(49,50)30-16-17-30)45(35(46)33(38(3,4)5)40-27-13-11-10-12-14-27)37(48)44-23-29(19-24(44)2)52-34-31-18-15-28(51-8)20-25(31)21-32(41-34)43(6)7/h9-15,18,20-21,24,26,29-30,33,40H,1,16-17,19,22-23H2,2-8H3,(H,42,47)/t24?,26-,29-,33+,39-/m1/s1. The van der Waals surface area contributed by atoms with Crippen LogP contribution in [0.3, 0.4) is 0 Å². The SMILES string of the molecule is C=C[C@@H]1C[C@@]1(C(=O)NS(=O)(=O)C1CC1)N(C(=O)[C@H](Nc1ccccc1)C(C)(C)C)C(=O)N1C[C@H](Oc2nc(N(C)C)cc3cc(OC)ccc23)CC1C. The van der Waals surface area contributed by atoms with Gasteiger partial charge in [-0.2, -0.15) is 4.98 Å². The molecule has 5 atom stereocenters. The number of methoxy groups -OCH3 is 1. The van der Waals surface area contributed by atoms with Gasteiger partial charge in [-0.1, -0.05) is 45.0 Å². The molecule has 3 fully saturated rings. The van der Waals surface area contributed by atoms with Crippen LogP contribution in [0.15, 0.2) is 67.3 Å². The van der Waals surface area contributed by atoms with Gasteiger partial charge in [0.1, 0.15) is 29.3 Å². The zero-order chi connectivity index (χ0) is 38.5. The van der Waals surface area contributed by atoms with Gasteiger partial charge in [0.15, 0.2) is 0 Å². The molecule has 2 N–H and O–H groups in total. The predicted octanol–water partition coefficient (Wildman–Crippen LogP) is 5.18. The molecule has 6 rings (SSSR count). The highest BCUT2D eigenvalue weighted by Gasteiger charge is 2.68. The Balaban J connectivity index is 1.36. The summed E-state index contributed by atoms with van der Waals surface area (Å²) < 4.78 is 40.4. The van der Waals surface area contributed by atoms with Crippen LogP contribution in [0.25, 0.3) is 10.8 Å². The molecule has 13 nitrogen and oxygen atoms in total. The summed E-state index contributed by atoms with van der Waals surface area (Å²) in [7, 11) is 1.37. The molecule has 2 aromatic carbocycles. The first-order chi connectivity index (χ1) is 25.0. The number of benzene rings is 2. The maximum absolute atomic E-state index is 15.0. The van der Waals surface area contributed by atoms with E-state index in [1.54, 1.807) is 7.11 Å². The number of carbonyl (C=O) groups excluding carboxylic acids is 3. The number of fused-ring (bicyclic) bond motifs is 1. The summed E-state index contributed by atoms with van der Waals surface area (Å²) in [6.45, 7) is 11.5. The number of imide groups is 1. The van der Waals surface area contributed by atoms with Gasteiger partial charge in [0.05, 0.1) is 18.9 Å². The first kappa shape index (κ1) is 37.9. The second-order valence-electron chi connectivity index (χ2n) is 15.7. The van der Waals surface area contributed by atoms with Crippen molar-refractivity contribution in [1.82, 2.24) is 19.5 Å². The number of aromatic nitrogens is 1. The Morgan fingerprint density at radius 3 is 2.38 bits per heavy atom. The molecule has 3 aromatic rings. The fourth-order valence-electron chi connectivity index (χ4n) is 7.05. The van der Waals surface area contributed by atoms with Gasteiger partial charge in [-0.3, -0.25) is 14.3 Å². The van der Waals surface area contributed by atoms with E-state index in [9.17, 15) is 13.2 Å². The second kappa shape index (κ2) is 14.2. The number of hydrogen-bond donors (Lipinski definition) is 2. The predicted molar refractivity (Wildman–Crippen MR) is 204 cm³/mol. The van der Waals surface area contributed by atoms with E-state index < -0.39 is 68.2 Å². The van der Waals surface area contributed by atoms with Crippen molar-refractivity contribution < 1.29 is 32.3 Å². The van der Waals surface area contributed by atoms with Crippen molar-refractivity contribution in [2.24, 2.45) is 11.3 Å². The highest BCUT2D eigenvalue weighted by atomic mass is 32.2. The van der Waals surface area contributed by atoms with Crippen LogP contribution in [0.2, 0.25) is 0 Å². The Labute approximate surface area is 311 Å². The maximum Gasteiger partial charge on any atom is 0.328 e. The number of para-hydroxylation sites is 1. The minimum absolute atomic E-state index is 0.0427. The molecule has 0 spiro atoms. The molecule has 2 saturated carbocycles. The van der Waals surface area contributed by atoms with E-state index in [2.05, 4.69) is 16.6 Å². The van der Waals surface area contributed by atoms with Crippen molar-refractivity contribution in [2.45, 2.75) is 82.4 Å². The largest absolute Gasteiger partial charge is 0.497 e. The minimum Gasteiger partial charge on any atom is -0.497 e. The van der Waals surface area contributed by atoms with Crippen molar-refractivity contribution in [2.75, 3.05) is 38.0 Å². The van der Waals surface area contributed by atoms with Crippen molar-refractivity contribution in [1.29, 1.82) is 0 Å². The average Bonchev–Trinajstić information content (AvgIpc) is 4.04. The van der Waals surface area contributed by atoms with Crippen LogP contribution < -0.4 is 24.4 Å². The summed E-state index contributed by atoms with van der Waals surface area (Å²) in [5, 5.41) is 4.26. The number of ether oxygens (including phenoxy) is 2. The highest BCUT2D eigenvalue weighted by Crippen LogP contribution is 2.52. The number of nitrogens with zero attached hydrogens (tertiary/aromatic N) is 4. The Kier molecular flexibility index (Phi) is 10.1. The van der Waals surface area contributed by atoms with Crippen molar-refractivity contribution >= 4 is 50.1 Å². The number of urea groups is 1. The number of anilines is 2. The average molecular weight is 747 g/mol. The molecule has 2 heterocycles.